The molecule has 0 radical (unpaired) electrons. The fourth-order valence-corrected chi connectivity index (χ4v) is 3.95. The van der Waals surface area contributed by atoms with E-state index in [0.29, 0.717) is 17.2 Å². The summed E-state index contributed by atoms with van der Waals surface area (Å²) < 4.78 is 37.1. The molecule has 158 valence electrons. The van der Waals surface area contributed by atoms with Gasteiger partial charge in [-0.1, -0.05) is 15.9 Å². The van der Waals surface area contributed by atoms with Crippen molar-refractivity contribution < 1.29 is 22.7 Å². The lowest BCUT2D eigenvalue weighted by molar-refractivity contribution is -0.120. The number of carbonyl (C=O) groups is 1. The highest BCUT2D eigenvalue weighted by Crippen LogP contribution is 2.29. The van der Waals surface area contributed by atoms with Gasteiger partial charge >= 0.3 is 0 Å². The van der Waals surface area contributed by atoms with E-state index in [1.165, 1.54) is 0 Å². The molecule has 0 aliphatic rings. The van der Waals surface area contributed by atoms with Gasteiger partial charge in [-0.3, -0.25) is 9.10 Å². The normalized spacial score (nSPS) is 12.2. The molecule has 29 heavy (non-hydrogen) atoms. The number of hydrogen-bond donors (Lipinski definition) is 1. The largest absolute Gasteiger partial charge is 0.497 e. The molecule has 1 atom stereocenters. The third-order valence-electron chi connectivity index (χ3n) is 4.40. The molecule has 0 aromatic heterocycles. The van der Waals surface area contributed by atoms with E-state index in [9.17, 15) is 13.2 Å². The van der Waals surface area contributed by atoms with Crippen molar-refractivity contribution in [2.45, 2.75) is 19.9 Å². The molecule has 7 nitrogen and oxygen atoms in total. The number of halogens is 1. The summed E-state index contributed by atoms with van der Waals surface area (Å²) >= 11 is 3.39. The van der Waals surface area contributed by atoms with Crippen molar-refractivity contribution in [3.63, 3.8) is 0 Å². The Morgan fingerprint density at radius 2 is 1.86 bits per heavy atom. The Hall–Kier alpha value is -2.26. The molecule has 2 aromatic carbocycles. The van der Waals surface area contributed by atoms with Crippen molar-refractivity contribution >= 4 is 37.5 Å². The summed E-state index contributed by atoms with van der Waals surface area (Å²) in [5.41, 5.74) is 2.02. The highest BCUT2D eigenvalue weighted by molar-refractivity contribution is 9.10. The molecule has 0 fully saturated rings. The van der Waals surface area contributed by atoms with Crippen molar-refractivity contribution in [1.82, 2.24) is 5.32 Å². The maximum Gasteiger partial charge on any atom is 0.241 e. The van der Waals surface area contributed by atoms with E-state index < -0.39 is 22.0 Å². The van der Waals surface area contributed by atoms with Gasteiger partial charge in [0.25, 0.3) is 0 Å². The average Bonchev–Trinajstić information content (AvgIpc) is 2.66. The van der Waals surface area contributed by atoms with Crippen LogP contribution in [0.3, 0.4) is 0 Å². The predicted molar refractivity (Wildman–Crippen MR) is 117 cm³/mol. The van der Waals surface area contributed by atoms with Crippen LogP contribution in [0.2, 0.25) is 0 Å². The van der Waals surface area contributed by atoms with Gasteiger partial charge in [-0.25, -0.2) is 8.42 Å². The predicted octanol–water partition coefficient (Wildman–Crippen LogP) is 3.42. The topological polar surface area (TPSA) is 84.9 Å². The number of anilines is 1. The van der Waals surface area contributed by atoms with E-state index in [4.69, 9.17) is 9.47 Å². The molecular formula is C20H25BrN2O5S. The lowest BCUT2D eigenvalue weighted by atomic mass is 10.1. The van der Waals surface area contributed by atoms with E-state index in [-0.39, 0.29) is 6.54 Å². The molecule has 2 rings (SSSR count). The number of aryl methyl sites for hydroxylation is 1. The molecule has 0 aliphatic heterocycles. The van der Waals surface area contributed by atoms with Crippen LogP contribution in [0.1, 0.15) is 24.1 Å². The molecule has 1 unspecified atom stereocenters. The van der Waals surface area contributed by atoms with Crippen molar-refractivity contribution in [1.29, 1.82) is 0 Å². The molecule has 0 spiro atoms. The van der Waals surface area contributed by atoms with E-state index in [2.05, 4.69) is 21.2 Å². The number of nitrogens with one attached hydrogen (secondary N) is 1. The molecule has 1 amide bonds. The van der Waals surface area contributed by atoms with Crippen LogP contribution < -0.4 is 19.1 Å². The molecule has 0 bridgehead atoms. The first kappa shape index (κ1) is 23.0. The van der Waals surface area contributed by atoms with Crippen LogP contribution in [0.5, 0.6) is 11.5 Å². The summed E-state index contributed by atoms with van der Waals surface area (Å²) in [5.74, 6) is 0.792. The summed E-state index contributed by atoms with van der Waals surface area (Å²) in [6.07, 6.45) is 1.08. The zero-order valence-electron chi connectivity index (χ0n) is 17.0. The number of methoxy groups -OCH3 is 2. The Bertz CT molecular complexity index is 994. The van der Waals surface area contributed by atoms with Crippen LogP contribution in [-0.2, 0) is 14.8 Å². The van der Waals surface area contributed by atoms with Gasteiger partial charge in [0.15, 0.2) is 0 Å². The van der Waals surface area contributed by atoms with E-state index in [1.807, 2.05) is 6.92 Å². The van der Waals surface area contributed by atoms with Gasteiger partial charge in [-0.2, -0.15) is 0 Å². The van der Waals surface area contributed by atoms with Gasteiger partial charge in [0.2, 0.25) is 15.9 Å². The SMILES string of the molecule is COc1ccc(OC)c(C(C)NC(=O)CN(c2ccc(Br)c(C)c2)S(C)(=O)=O)c1. The minimum atomic E-state index is -3.65. The quantitative estimate of drug-likeness (QED) is 0.620. The number of hydrogen-bond acceptors (Lipinski definition) is 5. The van der Waals surface area contributed by atoms with Crippen molar-refractivity contribution in [3.8, 4) is 11.5 Å². The third kappa shape index (κ3) is 5.86. The minimum Gasteiger partial charge on any atom is -0.497 e. The number of carbonyl (C=O) groups excluding carboxylic acids is 1. The number of nitrogens with zero attached hydrogens (tertiary/aromatic N) is 1. The van der Waals surface area contributed by atoms with Crippen LogP contribution >= 0.6 is 15.9 Å². The van der Waals surface area contributed by atoms with Crippen LogP contribution in [-0.4, -0.2) is 41.3 Å². The first-order valence-corrected chi connectivity index (χ1v) is 11.5. The molecule has 0 aliphatic carbocycles. The van der Waals surface area contributed by atoms with Crippen LogP contribution in [0.25, 0.3) is 0 Å². The zero-order valence-corrected chi connectivity index (χ0v) is 19.4. The van der Waals surface area contributed by atoms with Gasteiger partial charge < -0.3 is 14.8 Å². The average molecular weight is 485 g/mol. The first-order valence-electron chi connectivity index (χ1n) is 8.82. The van der Waals surface area contributed by atoms with E-state index >= 15 is 0 Å². The van der Waals surface area contributed by atoms with Gasteiger partial charge in [0.1, 0.15) is 18.0 Å². The van der Waals surface area contributed by atoms with E-state index in [1.54, 1.807) is 57.5 Å². The van der Waals surface area contributed by atoms with Gasteiger partial charge in [-0.05, 0) is 55.8 Å². The van der Waals surface area contributed by atoms with Gasteiger partial charge in [0, 0.05) is 10.0 Å². The first-order chi connectivity index (χ1) is 13.6. The fraction of sp³-hybridized carbons (Fsp3) is 0.350. The van der Waals surface area contributed by atoms with Crippen LogP contribution in [0, 0.1) is 6.92 Å². The standard InChI is InChI=1S/C20H25BrN2O5S/c1-13-10-15(6-8-18(13)21)23(29(5,25)26)12-20(24)22-14(2)17-11-16(27-3)7-9-19(17)28-4/h6-11,14H,12H2,1-5H3,(H,22,24). The van der Waals surface area contributed by atoms with Crippen molar-refractivity contribution in [2.75, 3.05) is 31.3 Å². The number of sulfonamides is 1. The van der Waals surface area contributed by atoms with Crippen molar-refractivity contribution in [3.05, 3.63) is 52.0 Å². The second kappa shape index (κ2) is 9.49. The van der Waals surface area contributed by atoms with E-state index in [0.717, 1.165) is 26.2 Å². The molecule has 2 aromatic rings. The Morgan fingerprint density at radius 1 is 1.17 bits per heavy atom. The second-order valence-corrected chi connectivity index (χ2v) is 9.36. The highest BCUT2D eigenvalue weighted by Gasteiger charge is 2.23. The molecule has 1 N–H and O–H groups in total. The maximum absolute atomic E-state index is 12.7. The summed E-state index contributed by atoms with van der Waals surface area (Å²) in [7, 11) is -0.557. The monoisotopic (exact) mass is 484 g/mol. The Kier molecular flexibility index (Phi) is 7.54. The minimum absolute atomic E-state index is 0.337. The fourth-order valence-electron chi connectivity index (χ4n) is 2.86. The summed E-state index contributed by atoms with van der Waals surface area (Å²) in [4.78, 5) is 12.7. The Labute approximate surface area is 180 Å². The summed E-state index contributed by atoms with van der Waals surface area (Å²) in [6.45, 7) is 3.31. The Balaban J connectivity index is 2.23. The zero-order chi connectivity index (χ0) is 21.8. The van der Waals surface area contributed by atoms with Crippen LogP contribution in [0.4, 0.5) is 5.69 Å². The number of rotatable bonds is 8. The molecule has 0 saturated carbocycles. The van der Waals surface area contributed by atoms with Gasteiger partial charge in [0.05, 0.1) is 32.2 Å². The molecule has 0 heterocycles. The lowest BCUT2D eigenvalue weighted by Gasteiger charge is -2.24. The number of amides is 1. The number of benzene rings is 2. The maximum atomic E-state index is 12.7. The summed E-state index contributed by atoms with van der Waals surface area (Å²) in [6, 6.07) is 10.00. The van der Waals surface area contributed by atoms with Crippen LogP contribution in [0.15, 0.2) is 40.9 Å². The second-order valence-electron chi connectivity index (χ2n) is 6.60. The number of ether oxygens (including phenoxy) is 2. The molecule has 0 saturated heterocycles. The smallest absolute Gasteiger partial charge is 0.241 e. The summed E-state index contributed by atoms with van der Waals surface area (Å²) in [5, 5.41) is 2.83. The van der Waals surface area contributed by atoms with Crippen molar-refractivity contribution in [2.24, 2.45) is 0 Å². The van der Waals surface area contributed by atoms with Gasteiger partial charge in [-0.15, -0.1) is 0 Å². The highest BCUT2D eigenvalue weighted by atomic mass is 79.9. The third-order valence-corrected chi connectivity index (χ3v) is 6.43. The lowest BCUT2D eigenvalue weighted by Crippen LogP contribution is -2.41. The molecule has 9 heteroatoms. The molecular weight excluding hydrogens is 460 g/mol. The Morgan fingerprint density at radius 3 is 2.41 bits per heavy atom.